The summed E-state index contributed by atoms with van der Waals surface area (Å²) < 4.78 is 40.6. The maximum atomic E-state index is 12.5. The summed E-state index contributed by atoms with van der Waals surface area (Å²) >= 11 is 0. The van der Waals surface area contributed by atoms with Gasteiger partial charge in [-0.1, -0.05) is 25.5 Å². The third kappa shape index (κ3) is 5.80. The second kappa shape index (κ2) is 10.5. The van der Waals surface area contributed by atoms with Crippen LogP contribution in [0.15, 0.2) is 29.2 Å². The van der Waals surface area contributed by atoms with Gasteiger partial charge in [0.15, 0.2) is 6.10 Å². The van der Waals surface area contributed by atoms with Crippen molar-refractivity contribution in [3.8, 4) is 0 Å². The Hall–Kier alpha value is -1.87. The Kier molecular flexibility index (Phi) is 8.30. The summed E-state index contributed by atoms with van der Waals surface area (Å²) in [7, 11) is -4.03. The van der Waals surface area contributed by atoms with Gasteiger partial charge in [0.2, 0.25) is 0 Å². The van der Waals surface area contributed by atoms with Crippen molar-refractivity contribution in [1.82, 2.24) is 0 Å². The molecule has 0 bridgehead atoms. The summed E-state index contributed by atoms with van der Waals surface area (Å²) in [5.74, 6) is 0. The third-order valence-electron chi connectivity index (χ3n) is 3.96. The van der Waals surface area contributed by atoms with Crippen molar-refractivity contribution in [3.63, 3.8) is 0 Å². The molecule has 0 amide bonds. The zero-order chi connectivity index (χ0) is 19.7. The number of benzene rings is 1. The molecule has 0 radical (unpaired) electrons. The molecule has 148 valence electrons. The number of unbranched alkanes of at least 4 members (excludes halogenated alkanes) is 1. The highest BCUT2D eigenvalue weighted by atomic mass is 32.2. The first-order chi connectivity index (χ1) is 13.0. The Balaban J connectivity index is 1.91. The average molecular weight is 396 g/mol. The van der Waals surface area contributed by atoms with Crippen LogP contribution >= 0.6 is 0 Å². The van der Waals surface area contributed by atoms with Crippen LogP contribution in [0, 0.1) is 0 Å². The molecule has 1 aromatic carbocycles. The van der Waals surface area contributed by atoms with Crippen LogP contribution in [0.2, 0.25) is 0 Å². The number of hydrogen-bond donors (Lipinski definition) is 1. The monoisotopic (exact) mass is 396 g/mol. The Bertz CT molecular complexity index is 815. The van der Waals surface area contributed by atoms with Gasteiger partial charge in [0.05, 0.1) is 26.4 Å². The molecule has 8 nitrogen and oxygen atoms in total. The van der Waals surface area contributed by atoms with Crippen molar-refractivity contribution < 1.29 is 32.0 Å². The van der Waals surface area contributed by atoms with Gasteiger partial charge in [0.1, 0.15) is 4.90 Å². The van der Waals surface area contributed by atoms with E-state index in [1.54, 1.807) is 6.07 Å². The fourth-order valence-electron chi connectivity index (χ4n) is 2.54. The van der Waals surface area contributed by atoms with Crippen LogP contribution < -0.4 is 0 Å². The first-order valence-corrected chi connectivity index (χ1v) is 10.2. The molecule has 0 heterocycles. The number of aliphatic hydroxyl groups excluding tert-OH is 1. The molecule has 1 aliphatic rings. The van der Waals surface area contributed by atoms with Gasteiger partial charge in [-0.15, -0.1) is 0 Å². The van der Waals surface area contributed by atoms with Crippen molar-refractivity contribution in [2.75, 3.05) is 33.0 Å². The summed E-state index contributed by atoms with van der Waals surface area (Å²) in [6.07, 6.45) is 3.68. The molecule has 1 aliphatic carbocycles. The van der Waals surface area contributed by atoms with Crippen molar-refractivity contribution in [2.24, 2.45) is 0 Å². The van der Waals surface area contributed by atoms with E-state index in [4.69, 9.17) is 19.2 Å². The number of rotatable bonds is 11. The van der Waals surface area contributed by atoms with Crippen LogP contribution in [0.4, 0.5) is 0 Å². The molecule has 0 saturated heterocycles. The molecule has 0 saturated carbocycles. The van der Waals surface area contributed by atoms with Crippen LogP contribution in [0.25, 0.3) is 11.6 Å². The molecule has 1 atom stereocenters. The van der Waals surface area contributed by atoms with E-state index in [2.05, 4.69) is 11.7 Å². The highest BCUT2D eigenvalue weighted by molar-refractivity contribution is 7.86. The number of nitrogens with zero attached hydrogens (tertiary/aromatic N) is 2. The minimum Gasteiger partial charge on any atom is -0.379 e. The van der Waals surface area contributed by atoms with Gasteiger partial charge in [0, 0.05) is 23.8 Å². The first-order valence-electron chi connectivity index (χ1n) is 8.77. The lowest BCUT2D eigenvalue weighted by Gasteiger charge is -2.17. The standard InChI is InChI=1S/C18H24N2O6S/c1-2-3-9-24-10-11-25-12-13-26-27(22,23)17-6-4-5-15-14(17)7-8-16(20-19)18(15)21/h4-8,18,21H,2-3,9-13H2,1H3. The van der Waals surface area contributed by atoms with Crippen LogP contribution in [-0.4, -0.2) is 57.1 Å². The number of ether oxygens (including phenoxy) is 2. The van der Waals surface area contributed by atoms with E-state index < -0.39 is 16.2 Å². The SMILES string of the molecule is CCCCOCCOCCOS(=O)(=O)c1cccc2c1C=CC(=[N+]=[N-])C2O. The van der Waals surface area contributed by atoms with Gasteiger partial charge in [-0.05, 0) is 18.6 Å². The van der Waals surface area contributed by atoms with E-state index in [9.17, 15) is 13.5 Å². The summed E-state index contributed by atoms with van der Waals surface area (Å²) in [6, 6.07) is 4.46. The van der Waals surface area contributed by atoms with Crippen molar-refractivity contribution >= 4 is 21.9 Å². The molecular weight excluding hydrogens is 372 g/mol. The number of hydrogen-bond acceptors (Lipinski definition) is 6. The maximum Gasteiger partial charge on any atom is 0.324 e. The lowest BCUT2D eigenvalue weighted by molar-refractivity contribution is -0.0188. The molecule has 9 heteroatoms. The lowest BCUT2D eigenvalue weighted by atomic mass is 9.93. The molecular formula is C18H24N2O6S. The number of aliphatic hydroxyl groups is 1. The van der Waals surface area contributed by atoms with Crippen LogP contribution in [-0.2, 0) is 23.8 Å². The summed E-state index contributed by atoms with van der Waals surface area (Å²) in [4.78, 5) is 2.93. The zero-order valence-electron chi connectivity index (χ0n) is 15.2. The minimum absolute atomic E-state index is 0.0347. The topological polar surface area (TPSA) is 118 Å². The molecule has 2 rings (SSSR count). The molecule has 0 spiro atoms. The molecule has 1 unspecified atom stereocenters. The molecule has 0 aromatic heterocycles. The van der Waals surface area contributed by atoms with Crippen molar-refractivity contribution in [3.05, 3.63) is 40.9 Å². The lowest BCUT2D eigenvalue weighted by Crippen LogP contribution is -2.19. The van der Waals surface area contributed by atoms with E-state index in [0.717, 1.165) is 12.8 Å². The summed E-state index contributed by atoms with van der Waals surface area (Å²) in [5, 5.41) is 10.2. The molecule has 0 fully saturated rings. The second-order valence-electron chi connectivity index (χ2n) is 5.87. The summed E-state index contributed by atoms with van der Waals surface area (Å²) in [6.45, 7) is 3.58. The van der Waals surface area contributed by atoms with Crippen LogP contribution in [0.3, 0.4) is 0 Å². The van der Waals surface area contributed by atoms with Crippen LogP contribution in [0.5, 0.6) is 0 Å². The van der Waals surface area contributed by atoms with Gasteiger partial charge in [-0.3, -0.25) is 4.18 Å². The summed E-state index contributed by atoms with van der Waals surface area (Å²) in [5.41, 5.74) is 9.55. The molecule has 1 N–H and O–H groups in total. The van der Waals surface area contributed by atoms with E-state index in [1.165, 1.54) is 24.3 Å². The first kappa shape index (κ1) is 21.4. The van der Waals surface area contributed by atoms with Gasteiger partial charge in [-0.25, -0.2) is 0 Å². The van der Waals surface area contributed by atoms with E-state index >= 15 is 0 Å². The van der Waals surface area contributed by atoms with E-state index in [0.29, 0.717) is 30.9 Å². The van der Waals surface area contributed by atoms with Crippen molar-refractivity contribution in [2.45, 2.75) is 30.8 Å². The Morgan fingerprint density at radius 1 is 1.11 bits per heavy atom. The van der Waals surface area contributed by atoms with Gasteiger partial charge >= 0.3 is 5.71 Å². The third-order valence-corrected chi connectivity index (χ3v) is 5.33. The second-order valence-corrected chi connectivity index (χ2v) is 7.46. The largest absolute Gasteiger partial charge is 0.379 e. The van der Waals surface area contributed by atoms with Gasteiger partial charge in [-0.2, -0.15) is 13.2 Å². The Morgan fingerprint density at radius 3 is 2.52 bits per heavy atom. The van der Waals surface area contributed by atoms with Gasteiger partial charge in [0.25, 0.3) is 10.1 Å². The fourth-order valence-corrected chi connectivity index (χ4v) is 3.65. The molecule has 1 aromatic rings. The highest BCUT2D eigenvalue weighted by Crippen LogP contribution is 2.31. The zero-order valence-corrected chi connectivity index (χ0v) is 16.0. The van der Waals surface area contributed by atoms with Crippen molar-refractivity contribution in [1.29, 1.82) is 0 Å². The normalized spacial score (nSPS) is 16.2. The van der Waals surface area contributed by atoms with E-state index in [-0.39, 0.29) is 23.8 Å². The minimum atomic E-state index is -4.03. The average Bonchev–Trinajstić information content (AvgIpc) is 2.66. The fraction of sp³-hybridized carbons (Fsp3) is 0.500. The van der Waals surface area contributed by atoms with E-state index in [1.807, 2.05) is 0 Å². The molecule has 27 heavy (non-hydrogen) atoms. The Labute approximate surface area is 159 Å². The smallest absolute Gasteiger partial charge is 0.324 e. The molecule has 0 aliphatic heterocycles. The Morgan fingerprint density at radius 2 is 1.81 bits per heavy atom. The highest BCUT2D eigenvalue weighted by Gasteiger charge is 2.30. The predicted octanol–water partition coefficient (Wildman–Crippen LogP) is 1.96. The quantitative estimate of drug-likeness (QED) is 0.264. The van der Waals surface area contributed by atoms with Gasteiger partial charge < -0.3 is 20.1 Å². The number of fused-ring (bicyclic) bond motifs is 1. The predicted molar refractivity (Wildman–Crippen MR) is 98.7 cm³/mol. The maximum absolute atomic E-state index is 12.5. The van der Waals surface area contributed by atoms with Crippen LogP contribution in [0.1, 0.15) is 37.0 Å².